The van der Waals surface area contributed by atoms with Gasteiger partial charge in [-0.2, -0.15) is 4.31 Å². The van der Waals surface area contributed by atoms with Crippen LogP contribution in [0.15, 0.2) is 29.2 Å². The summed E-state index contributed by atoms with van der Waals surface area (Å²) in [6, 6.07) is 5.63. The van der Waals surface area contributed by atoms with Crippen molar-refractivity contribution < 1.29 is 21.6 Å². The molecule has 0 saturated carbocycles. The molecule has 1 amide bonds. The first-order valence-corrected chi connectivity index (χ1v) is 10.6. The van der Waals surface area contributed by atoms with Crippen molar-refractivity contribution in [3.8, 4) is 0 Å². The minimum Gasteiger partial charge on any atom is -0.351 e. The second kappa shape index (κ2) is 7.60. The molecule has 0 unspecified atom stereocenters. The largest absolute Gasteiger partial charge is 0.351 e. The standard InChI is InChI=1S/C14H21N3O5S2/c1-15-23(19,20)11-8-16-14(18)12-4-6-13(7-5-12)24(21,22)17-9-2-3-10-17/h4-7,15H,2-3,8-11H2,1H3,(H,16,18). The Bertz CT molecular complexity index is 782. The van der Waals surface area contributed by atoms with Gasteiger partial charge in [0.1, 0.15) is 0 Å². The lowest BCUT2D eigenvalue weighted by Crippen LogP contribution is -2.33. The second-order valence-electron chi connectivity index (χ2n) is 5.41. The third kappa shape index (κ3) is 4.53. The zero-order valence-corrected chi connectivity index (χ0v) is 15.0. The van der Waals surface area contributed by atoms with Crippen molar-refractivity contribution in [1.29, 1.82) is 0 Å². The maximum Gasteiger partial charge on any atom is 0.251 e. The van der Waals surface area contributed by atoms with E-state index in [9.17, 15) is 21.6 Å². The van der Waals surface area contributed by atoms with Gasteiger partial charge in [-0.25, -0.2) is 21.6 Å². The van der Waals surface area contributed by atoms with Crippen LogP contribution >= 0.6 is 0 Å². The van der Waals surface area contributed by atoms with E-state index in [1.54, 1.807) is 0 Å². The van der Waals surface area contributed by atoms with E-state index in [0.29, 0.717) is 13.1 Å². The highest BCUT2D eigenvalue weighted by molar-refractivity contribution is 7.89. The predicted octanol–water partition coefficient (Wildman–Crippen LogP) is -0.250. The molecule has 8 nitrogen and oxygen atoms in total. The number of sulfonamides is 2. The normalized spacial score (nSPS) is 16.2. The molecule has 1 saturated heterocycles. The quantitative estimate of drug-likeness (QED) is 0.682. The number of carbonyl (C=O) groups is 1. The molecular weight excluding hydrogens is 354 g/mol. The van der Waals surface area contributed by atoms with Crippen molar-refractivity contribution in [1.82, 2.24) is 14.3 Å². The molecule has 1 heterocycles. The number of nitrogens with one attached hydrogen (secondary N) is 2. The molecule has 10 heteroatoms. The predicted molar refractivity (Wildman–Crippen MR) is 89.6 cm³/mol. The van der Waals surface area contributed by atoms with E-state index < -0.39 is 26.0 Å². The van der Waals surface area contributed by atoms with E-state index in [1.807, 2.05) is 0 Å². The van der Waals surface area contributed by atoms with Gasteiger partial charge in [-0.15, -0.1) is 0 Å². The summed E-state index contributed by atoms with van der Waals surface area (Å²) in [4.78, 5) is 12.1. The molecule has 24 heavy (non-hydrogen) atoms. The minimum atomic E-state index is -3.51. The fourth-order valence-electron chi connectivity index (χ4n) is 2.36. The molecule has 0 bridgehead atoms. The Morgan fingerprint density at radius 3 is 2.21 bits per heavy atom. The van der Waals surface area contributed by atoms with Crippen molar-refractivity contribution in [3.63, 3.8) is 0 Å². The highest BCUT2D eigenvalue weighted by Crippen LogP contribution is 2.21. The summed E-state index contributed by atoms with van der Waals surface area (Å²) in [7, 11) is -5.59. The zero-order chi connectivity index (χ0) is 17.8. The summed E-state index contributed by atoms with van der Waals surface area (Å²) in [5.41, 5.74) is 0.275. The lowest BCUT2D eigenvalue weighted by molar-refractivity contribution is 0.0956. The average Bonchev–Trinajstić information content (AvgIpc) is 3.10. The van der Waals surface area contributed by atoms with Gasteiger partial charge in [-0.3, -0.25) is 4.79 Å². The van der Waals surface area contributed by atoms with Crippen LogP contribution in [0.2, 0.25) is 0 Å². The van der Waals surface area contributed by atoms with E-state index in [1.165, 1.54) is 35.6 Å². The van der Waals surface area contributed by atoms with Gasteiger partial charge in [0.15, 0.2) is 0 Å². The number of rotatable bonds is 7. The Hall–Kier alpha value is -1.49. The Labute approximate surface area is 142 Å². The van der Waals surface area contributed by atoms with Gasteiger partial charge in [0.25, 0.3) is 5.91 Å². The van der Waals surface area contributed by atoms with Crippen LogP contribution in [0.25, 0.3) is 0 Å². The lowest BCUT2D eigenvalue weighted by Gasteiger charge is -2.15. The molecule has 0 aromatic heterocycles. The topological polar surface area (TPSA) is 113 Å². The van der Waals surface area contributed by atoms with Crippen LogP contribution in [0.1, 0.15) is 23.2 Å². The number of amides is 1. The highest BCUT2D eigenvalue weighted by Gasteiger charge is 2.27. The summed E-state index contributed by atoms with van der Waals surface area (Å²) >= 11 is 0. The van der Waals surface area contributed by atoms with Crippen molar-refractivity contribution >= 4 is 26.0 Å². The first-order chi connectivity index (χ1) is 11.3. The Kier molecular flexibility index (Phi) is 5.97. The van der Waals surface area contributed by atoms with Gasteiger partial charge in [0.05, 0.1) is 10.6 Å². The van der Waals surface area contributed by atoms with Gasteiger partial charge in [0, 0.05) is 25.2 Å². The highest BCUT2D eigenvalue weighted by atomic mass is 32.2. The summed E-state index contributed by atoms with van der Waals surface area (Å²) in [5.74, 6) is -0.678. The van der Waals surface area contributed by atoms with Crippen molar-refractivity contribution in [2.75, 3.05) is 32.4 Å². The second-order valence-corrected chi connectivity index (χ2v) is 9.40. The van der Waals surface area contributed by atoms with Gasteiger partial charge in [-0.05, 0) is 44.2 Å². The summed E-state index contributed by atoms with van der Waals surface area (Å²) in [6.07, 6.45) is 1.71. The van der Waals surface area contributed by atoms with E-state index in [4.69, 9.17) is 0 Å². The van der Waals surface area contributed by atoms with E-state index in [0.717, 1.165) is 12.8 Å². The molecular formula is C14H21N3O5S2. The van der Waals surface area contributed by atoms with Crippen LogP contribution in [0.3, 0.4) is 0 Å². The van der Waals surface area contributed by atoms with Crippen molar-refractivity contribution in [3.05, 3.63) is 29.8 Å². The van der Waals surface area contributed by atoms with E-state index in [-0.39, 0.29) is 22.8 Å². The third-order valence-corrected chi connectivity index (χ3v) is 7.06. The van der Waals surface area contributed by atoms with Crippen LogP contribution in [0.5, 0.6) is 0 Å². The Morgan fingerprint density at radius 2 is 1.67 bits per heavy atom. The Balaban J connectivity index is 2.00. The third-order valence-electron chi connectivity index (χ3n) is 3.79. The monoisotopic (exact) mass is 375 g/mol. The molecule has 1 fully saturated rings. The van der Waals surface area contributed by atoms with Gasteiger partial charge >= 0.3 is 0 Å². The molecule has 1 aliphatic heterocycles. The number of benzene rings is 1. The average molecular weight is 375 g/mol. The molecule has 1 aliphatic rings. The minimum absolute atomic E-state index is 0.0319. The lowest BCUT2D eigenvalue weighted by atomic mass is 10.2. The SMILES string of the molecule is CNS(=O)(=O)CCNC(=O)c1ccc(S(=O)(=O)N2CCCC2)cc1. The van der Waals surface area contributed by atoms with E-state index >= 15 is 0 Å². The van der Waals surface area contributed by atoms with Crippen LogP contribution in [-0.4, -0.2) is 59.5 Å². The molecule has 0 atom stereocenters. The maximum absolute atomic E-state index is 12.4. The fourth-order valence-corrected chi connectivity index (χ4v) is 4.45. The van der Waals surface area contributed by atoms with Crippen LogP contribution < -0.4 is 10.0 Å². The van der Waals surface area contributed by atoms with Crippen LogP contribution in [-0.2, 0) is 20.0 Å². The number of hydrogen-bond acceptors (Lipinski definition) is 5. The number of hydrogen-bond donors (Lipinski definition) is 2. The summed E-state index contributed by atoms with van der Waals surface area (Å²) in [6.45, 7) is 1.00. The molecule has 2 N–H and O–H groups in total. The van der Waals surface area contributed by atoms with Crippen LogP contribution in [0, 0.1) is 0 Å². The van der Waals surface area contributed by atoms with Crippen LogP contribution in [0.4, 0.5) is 0 Å². The van der Waals surface area contributed by atoms with Gasteiger partial charge in [-0.1, -0.05) is 0 Å². The van der Waals surface area contributed by atoms with E-state index in [2.05, 4.69) is 10.0 Å². The fraction of sp³-hybridized carbons (Fsp3) is 0.500. The molecule has 0 spiro atoms. The van der Waals surface area contributed by atoms with Crippen molar-refractivity contribution in [2.24, 2.45) is 0 Å². The zero-order valence-electron chi connectivity index (χ0n) is 13.4. The molecule has 2 rings (SSSR count). The Morgan fingerprint density at radius 1 is 1.08 bits per heavy atom. The first-order valence-electron chi connectivity index (χ1n) is 7.56. The summed E-state index contributed by atoms with van der Waals surface area (Å²) < 4.78 is 50.9. The molecule has 1 aromatic carbocycles. The molecule has 0 aliphatic carbocycles. The smallest absolute Gasteiger partial charge is 0.251 e. The molecule has 0 radical (unpaired) electrons. The maximum atomic E-state index is 12.4. The molecule has 1 aromatic rings. The number of nitrogens with zero attached hydrogens (tertiary/aromatic N) is 1. The number of carbonyl (C=O) groups excluding carboxylic acids is 1. The first kappa shape index (κ1) is 18.8. The van der Waals surface area contributed by atoms with Gasteiger partial charge in [0.2, 0.25) is 20.0 Å². The molecule has 134 valence electrons. The van der Waals surface area contributed by atoms with Gasteiger partial charge < -0.3 is 5.32 Å². The summed E-state index contributed by atoms with van der Waals surface area (Å²) in [5, 5.41) is 2.48. The van der Waals surface area contributed by atoms with Crippen molar-refractivity contribution in [2.45, 2.75) is 17.7 Å².